The fraction of sp³-hybridized carbons (Fsp3) is 0.583. The zero-order chi connectivity index (χ0) is 57.5. The lowest BCUT2D eigenvalue weighted by Crippen LogP contribution is -2.42. The van der Waals surface area contributed by atoms with E-state index in [-0.39, 0.29) is 61.3 Å². The number of hydrogen-bond acceptors (Lipinski definition) is 16. The van der Waals surface area contributed by atoms with Gasteiger partial charge in [-0.15, -0.1) is 4.67 Å². The molecule has 2 aromatic heterocycles. The number of hydrogen-bond donors (Lipinski definition) is 2. The standard InChI is InChI=1S/C60H86N7O12P/c1-10-11-12-13-14-15-16-17-18-19-20-21-22-26-39-73-54-53(77-80(70,79-75-40-27-38-61)78-67(44(4)5)45(6)7)51(76-58(54)66-42-62-52-55(66)63-59(65-57(52)69)64-56(68)43(2)3)41-74-60(46-28-24-23-25-29-46,47-30-34-49(71-8)35-31-47)48-32-36-50(72-9)37-33-48/h23-25,28-37,42-45,51,53-54,58H,10-22,26-27,39-41H2,1-9H3,(H2,63,64,65,68,69)/t51-,53-,54-,58-,80?/m1/s1. The zero-order valence-electron chi connectivity index (χ0n) is 48.4. The highest BCUT2D eigenvalue weighted by molar-refractivity contribution is 7.48. The summed E-state index contributed by atoms with van der Waals surface area (Å²) in [6.07, 6.45) is 13.0. The molecule has 0 saturated carbocycles. The van der Waals surface area contributed by atoms with Crippen LogP contribution < -0.4 is 20.3 Å². The van der Waals surface area contributed by atoms with Gasteiger partial charge in [0.15, 0.2) is 17.4 Å². The maximum atomic E-state index is 15.5. The molecule has 1 fully saturated rings. The number of rotatable bonds is 37. The lowest BCUT2D eigenvalue weighted by Gasteiger charge is -2.37. The minimum Gasteiger partial charge on any atom is -0.497 e. The molecule has 6 rings (SSSR count). The number of fused-ring (bicyclic) bond motifs is 1. The number of nitrogens with one attached hydrogen (secondary N) is 2. The van der Waals surface area contributed by atoms with Gasteiger partial charge in [0, 0.05) is 24.6 Å². The highest BCUT2D eigenvalue weighted by atomic mass is 31.2. The van der Waals surface area contributed by atoms with E-state index in [4.69, 9.17) is 47.4 Å². The predicted octanol–water partition coefficient (Wildman–Crippen LogP) is 12.9. The van der Waals surface area contributed by atoms with Gasteiger partial charge in [-0.3, -0.25) is 29.0 Å². The van der Waals surface area contributed by atoms with Crippen LogP contribution >= 0.6 is 7.82 Å². The summed E-state index contributed by atoms with van der Waals surface area (Å²) in [6.45, 7) is 12.9. The summed E-state index contributed by atoms with van der Waals surface area (Å²) >= 11 is 0. The number of methoxy groups -OCH3 is 2. The monoisotopic (exact) mass is 1130 g/mol. The topological polar surface area (TPSA) is 220 Å². The van der Waals surface area contributed by atoms with E-state index in [2.05, 4.69) is 22.2 Å². The van der Waals surface area contributed by atoms with Crippen LogP contribution in [-0.2, 0) is 47.9 Å². The third-order valence-electron chi connectivity index (χ3n) is 14.1. The number of imidazole rings is 1. The molecule has 20 heteroatoms. The summed E-state index contributed by atoms with van der Waals surface area (Å²) in [5.41, 5.74) is 0.321. The lowest BCUT2D eigenvalue weighted by molar-refractivity contribution is -0.253. The SMILES string of the molecule is CCCCCCCCCCCCCCCCO[C@@H]1[C@H](OP(=O)(OOCCC#N)ON(C(C)C)C(C)C)[C@@H](COC(c2ccccc2)(c2ccc(OC)cc2)c2ccc(OC)cc2)O[C@H]1n1cnc2c(=O)[nH]c(NC(=O)C(C)C)nc21. The number of nitrogens with zero attached hydrogens (tertiary/aromatic N) is 5. The Morgan fingerprint density at radius 1 is 0.787 bits per heavy atom. The van der Waals surface area contributed by atoms with Crippen molar-refractivity contribution < 1.29 is 51.8 Å². The van der Waals surface area contributed by atoms with Crippen LogP contribution in [0.2, 0.25) is 0 Å². The van der Waals surface area contributed by atoms with E-state index >= 15 is 4.57 Å². The van der Waals surface area contributed by atoms with Gasteiger partial charge in [0.25, 0.3) is 5.56 Å². The molecule has 1 aliphatic rings. The molecule has 1 saturated heterocycles. The van der Waals surface area contributed by atoms with Crippen LogP contribution in [0.5, 0.6) is 11.5 Å². The molecule has 19 nitrogen and oxygen atoms in total. The smallest absolute Gasteiger partial charge is 0.497 e. The van der Waals surface area contributed by atoms with Crippen LogP contribution in [0.3, 0.4) is 0 Å². The van der Waals surface area contributed by atoms with Crippen molar-refractivity contribution in [2.75, 3.05) is 39.4 Å². The third kappa shape index (κ3) is 17.5. The van der Waals surface area contributed by atoms with Crippen LogP contribution in [0.25, 0.3) is 11.2 Å². The number of aromatic amines is 1. The van der Waals surface area contributed by atoms with Gasteiger partial charge in [-0.2, -0.15) is 19.9 Å². The molecule has 3 aromatic carbocycles. The molecule has 5 atom stereocenters. The average molecular weight is 1130 g/mol. The van der Waals surface area contributed by atoms with Crippen molar-refractivity contribution >= 4 is 30.8 Å². The van der Waals surface area contributed by atoms with Gasteiger partial charge in [0.2, 0.25) is 11.9 Å². The van der Waals surface area contributed by atoms with E-state index < -0.39 is 49.4 Å². The van der Waals surface area contributed by atoms with E-state index in [0.29, 0.717) is 17.9 Å². The Labute approximate surface area is 472 Å². The van der Waals surface area contributed by atoms with Gasteiger partial charge < -0.3 is 23.7 Å². The van der Waals surface area contributed by atoms with Crippen molar-refractivity contribution in [3.05, 3.63) is 112 Å². The zero-order valence-corrected chi connectivity index (χ0v) is 49.3. The number of hydroxylamine groups is 2. The van der Waals surface area contributed by atoms with E-state index in [1.165, 1.54) is 75.6 Å². The number of unbranched alkanes of at least 4 members (excludes halogenated alkanes) is 13. The number of amides is 1. The number of ether oxygens (including phenoxy) is 5. The molecule has 0 spiro atoms. The number of benzene rings is 3. The van der Waals surface area contributed by atoms with E-state index in [1.54, 1.807) is 32.6 Å². The van der Waals surface area contributed by atoms with Crippen LogP contribution in [0, 0.1) is 17.2 Å². The molecule has 0 radical (unpaired) electrons. The molecule has 1 amide bonds. The van der Waals surface area contributed by atoms with Crippen LogP contribution in [-0.4, -0.2) is 94.9 Å². The van der Waals surface area contributed by atoms with Crippen LogP contribution in [0.4, 0.5) is 5.95 Å². The molecule has 438 valence electrons. The Morgan fingerprint density at radius 3 is 1.86 bits per heavy atom. The molecule has 5 aromatic rings. The van der Waals surface area contributed by atoms with Gasteiger partial charge in [0.1, 0.15) is 35.4 Å². The second-order valence-electron chi connectivity index (χ2n) is 21.1. The molecule has 3 heterocycles. The molecular formula is C60H86N7O12P. The fourth-order valence-corrected chi connectivity index (χ4v) is 11.4. The predicted molar refractivity (Wildman–Crippen MR) is 307 cm³/mol. The Balaban J connectivity index is 1.43. The Morgan fingerprint density at radius 2 is 1.34 bits per heavy atom. The van der Waals surface area contributed by atoms with Crippen molar-refractivity contribution in [2.24, 2.45) is 5.92 Å². The summed E-state index contributed by atoms with van der Waals surface area (Å²) in [5, 5.41) is 13.6. The highest BCUT2D eigenvalue weighted by Crippen LogP contribution is 2.55. The first-order valence-corrected chi connectivity index (χ1v) is 30.1. The van der Waals surface area contributed by atoms with Gasteiger partial charge in [0.05, 0.1) is 46.3 Å². The summed E-state index contributed by atoms with van der Waals surface area (Å²) in [5.74, 6) is 0.391. The number of carbonyl (C=O) groups excluding carboxylic acids is 1. The van der Waals surface area contributed by atoms with E-state index in [1.807, 2.05) is 113 Å². The summed E-state index contributed by atoms with van der Waals surface area (Å²) in [4.78, 5) is 43.9. The molecule has 2 N–H and O–H groups in total. The molecule has 1 aliphatic heterocycles. The Kier molecular flexibility index (Phi) is 25.6. The number of H-pyrrole nitrogens is 1. The minimum atomic E-state index is -4.86. The number of anilines is 1. The van der Waals surface area contributed by atoms with Crippen molar-refractivity contribution in [1.82, 2.24) is 24.6 Å². The maximum Gasteiger partial charge on any atom is 0.519 e. The molecule has 80 heavy (non-hydrogen) atoms. The number of aromatic nitrogens is 4. The van der Waals surface area contributed by atoms with E-state index in [9.17, 15) is 14.9 Å². The van der Waals surface area contributed by atoms with Crippen molar-refractivity contribution in [2.45, 2.75) is 187 Å². The Hall–Kier alpha value is -5.52. The summed E-state index contributed by atoms with van der Waals surface area (Å²) < 4.78 is 68.4. The van der Waals surface area contributed by atoms with E-state index in [0.717, 1.165) is 36.0 Å². The second kappa shape index (κ2) is 32.2. The number of carbonyl (C=O) groups is 1. The first-order chi connectivity index (χ1) is 38.7. The minimum absolute atomic E-state index is 0.0334. The molecular weight excluding hydrogens is 1040 g/mol. The maximum absolute atomic E-state index is 15.5. The average Bonchev–Trinajstić information content (AvgIpc) is 4.06. The van der Waals surface area contributed by atoms with Gasteiger partial charge in [-0.1, -0.05) is 159 Å². The van der Waals surface area contributed by atoms with Gasteiger partial charge >= 0.3 is 7.82 Å². The quantitative estimate of drug-likeness (QED) is 0.0124. The second-order valence-corrected chi connectivity index (χ2v) is 22.6. The lowest BCUT2D eigenvalue weighted by atomic mass is 9.80. The van der Waals surface area contributed by atoms with Crippen molar-refractivity contribution in [3.8, 4) is 17.6 Å². The third-order valence-corrected chi connectivity index (χ3v) is 15.3. The van der Waals surface area contributed by atoms with Crippen LogP contribution in [0.1, 0.15) is 168 Å². The van der Waals surface area contributed by atoms with Gasteiger partial charge in [-0.25, -0.2) is 14.4 Å². The molecule has 1 unspecified atom stereocenters. The molecule has 0 aliphatic carbocycles. The summed E-state index contributed by atoms with van der Waals surface area (Å²) in [6, 6.07) is 26.3. The highest BCUT2D eigenvalue weighted by Gasteiger charge is 2.54. The van der Waals surface area contributed by atoms with Gasteiger partial charge in [-0.05, 0) is 75.1 Å². The first kappa shape index (κ1) is 63.7. The molecule has 0 bridgehead atoms. The number of nitriles is 1. The van der Waals surface area contributed by atoms with Crippen LogP contribution in [0.15, 0.2) is 90.0 Å². The van der Waals surface area contributed by atoms with Crippen molar-refractivity contribution in [3.63, 3.8) is 0 Å². The summed E-state index contributed by atoms with van der Waals surface area (Å²) in [7, 11) is -1.66. The number of phosphoric acid groups is 1. The normalized spacial score (nSPS) is 17.4. The Bertz CT molecular complexity index is 2710. The van der Waals surface area contributed by atoms with Crippen molar-refractivity contribution in [1.29, 1.82) is 5.26 Å². The first-order valence-electron chi connectivity index (χ1n) is 28.7. The largest absolute Gasteiger partial charge is 0.519 e. The fourth-order valence-electron chi connectivity index (χ4n) is 9.89.